The lowest BCUT2D eigenvalue weighted by Crippen LogP contribution is -2.56. The number of hydrogen-bond acceptors (Lipinski definition) is 5. The van der Waals surface area contributed by atoms with Gasteiger partial charge in [-0.2, -0.15) is 0 Å². The van der Waals surface area contributed by atoms with Crippen LogP contribution in [-0.2, 0) is 0 Å². The number of nitrogens with two attached hydrogens (primary N) is 2. The summed E-state index contributed by atoms with van der Waals surface area (Å²) in [7, 11) is 6.03. The number of likely N-dealkylation sites (N-methyl/N-ethyl adjacent to an activating group) is 3. The molecule has 3 unspecified atom stereocenters. The van der Waals surface area contributed by atoms with Gasteiger partial charge in [0.05, 0.1) is 0 Å². The zero-order valence-electron chi connectivity index (χ0n) is 11.6. The highest BCUT2D eigenvalue weighted by molar-refractivity contribution is 4.90. The molecule has 0 aliphatic carbocycles. The lowest BCUT2D eigenvalue weighted by molar-refractivity contribution is 0.299. The maximum absolute atomic E-state index is 5.66. The zero-order chi connectivity index (χ0) is 13.1. The van der Waals surface area contributed by atoms with Crippen molar-refractivity contribution in [1.29, 1.82) is 0 Å². The third-order valence-corrected chi connectivity index (χ3v) is 3.39. The molecule has 0 bridgehead atoms. The first-order chi connectivity index (χ1) is 8.24. The smallest absolute Gasteiger partial charge is 0.0373 e. The van der Waals surface area contributed by atoms with Gasteiger partial charge in [-0.1, -0.05) is 6.42 Å². The molecular weight excluding hydrogens is 214 g/mol. The van der Waals surface area contributed by atoms with Gasteiger partial charge in [0.15, 0.2) is 0 Å². The predicted octanol–water partition coefficient (Wildman–Crippen LogP) is -0.772. The van der Waals surface area contributed by atoms with Gasteiger partial charge in [0.25, 0.3) is 0 Å². The molecular formula is C12H31N5. The standard InChI is InChI=1S/C12H31N5/c1-15-10(6-4-5-8-13)12(17-3)11(16-2)7-9-14/h10-12,15-17H,4-9,13-14H2,1-3H3. The lowest BCUT2D eigenvalue weighted by Gasteiger charge is -2.33. The maximum Gasteiger partial charge on any atom is 0.0373 e. The summed E-state index contributed by atoms with van der Waals surface area (Å²) >= 11 is 0. The van der Waals surface area contributed by atoms with Gasteiger partial charge in [-0.25, -0.2) is 0 Å². The van der Waals surface area contributed by atoms with Crippen molar-refractivity contribution >= 4 is 0 Å². The summed E-state index contributed by atoms with van der Waals surface area (Å²) in [6, 6.07) is 1.25. The quantitative estimate of drug-likeness (QED) is 0.309. The molecule has 5 nitrogen and oxygen atoms in total. The van der Waals surface area contributed by atoms with Crippen LogP contribution in [0, 0.1) is 0 Å². The van der Waals surface area contributed by atoms with Crippen LogP contribution in [0.2, 0.25) is 0 Å². The Bertz CT molecular complexity index is 165. The molecule has 0 saturated heterocycles. The third-order valence-electron chi connectivity index (χ3n) is 3.39. The van der Waals surface area contributed by atoms with Crippen molar-refractivity contribution in [2.75, 3.05) is 34.2 Å². The van der Waals surface area contributed by atoms with Crippen molar-refractivity contribution in [1.82, 2.24) is 16.0 Å². The molecule has 0 fully saturated rings. The second kappa shape index (κ2) is 10.9. The molecule has 0 heterocycles. The topological polar surface area (TPSA) is 88.1 Å². The van der Waals surface area contributed by atoms with Gasteiger partial charge < -0.3 is 27.4 Å². The van der Waals surface area contributed by atoms with E-state index in [0.29, 0.717) is 24.7 Å². The fraction of sp³-hybridized carbons (Fsp3) is 1.00. The predicted molar refractivity (Wildman–Crippen MR) is 75.1 cm³/mol. The van der Waals surface area contributed by atoms with E-state index in [0.717, 1.165) is 25.8 Å². The average Bonchev–Trinajstić information content (AvgIpc) is 2.36. The minimum atomic E-state index is 0.395. The van der Waals surface area contributed by atoms with E-state index in [-0.39, 0.29) is 0 Å². The Kier molecular flexibility index (Phi) is 10.8. The van der Waals surface area contributed by atoms with Crippen molar-refractivity contribution in [3.8, 4) is 0 Å². The van der Waals surface area contributed by atoms with Crippen molar-refractivity contribution in [3.63, 3.8) is 0 Å². The number of unbranched alkanes of at least 4 members (excludes halogenated alkanes) is 1. The Morgan fingerprint density at radius 3 is 1.76 bits per heavy atom. The van der Waals surface area contributed by atoms with Crippen molar-refractivity contribution < 1.29 is 0 Å². The fourth-order valence-electron chi connectivity index (χ4n) is 2.38. The van der Waals surface area contributed by atoms with Crippen LogP contribution in [-0.4, -0.2) is 52.4 Å². The maximum atomic E-state index is 5.66. The summed E-state index contributed by atoms with van der Waals surface area (Å²) < 4.78 is 0. The Labute approximate surface area is 106 Å². The summed E-state index contributed by atoms with van der Waals surface area (Å²) in [6.07, 6.45) is 4.38. The van der Waals surface area contributed by atoms with Crippen LogP contribution < -0.4 is 27.4 Å². The Morgan fingerprint density at radius 2 is 1.35 bits per heavy atom. The van der Waals surface area contributed by atoms with Crippen LogP contribution in [0.15, 0.2) is 0 Å². The first kappa shape index (κ1) is 16.8. The van der Waals surface area contributed by atoms with Gasteiger partial charge in [-0.15, -0.1) is 0 Å². The number of rotatable bonds is 11. The minimum absolute atomic E-state index is 0.395. The van der Waals surface area contributed by atoms with Crippen LogP contribution in [0.4, 0.5) is 0 Å². The van der Waals surface area contributed by atoms with E-state index >= 15 is 0 Å². The van der Waals surface area contributed by atoms with Gasteiger partial charge in [0.1, 0.15) is 0 Å². The van der Waals surface area contributed by atoms with E-state index in [4.69, 9.17) is 11.5 Å². The van der Waals surface area contributed by atoms with Gasteiger partial charge in [-0.3, -0.25) is 0 Å². The summed E-state index contributed by atoms with van der Waals surface area (Å²) in [5.41, 5.74) is 11.2. The van der Waals surface area contributed by atoms with Crippen molar-refractivity contribution in [2.45, 2.75) is 43.8 Å². The molecule has 17 heavy (non-hydrogen) atoms. The summed E-state index contributed by atoms with van der Waals surface area (Å²) in [5.74, 6) is 0. The van der Waals surface area contributed by atoms with Crippen LogP contribution in [0.5, 0.6) is 0 Å². The third kappa shape index (κ3) is 6.33. The van der Waals surface area contributed by atoms with E-state index in [1.54, 1.807) is 0 Å². The molecule has 0 aliphatic rings. The van der Waals surface area contributed by atoms with E-state index in [2.05, 4.69) is 16.0 Å². The van der Waals surface area contributed by atoms with Gasteiger partial charge in [-0.05, 0) is 53.5 Å². The van der Waals surface area contributed by atoms with Crippen LogP contribution in [0.3, 0.4) is 0 Å². The summed E-state index contributed by atoms with van der Waals surface area (Å²) in [4.78, 5) is 0. The highest BCUT2D eigenvalue weighted by Crippen LogP contribution is 2.09. The highest BCUT2D eigenvalue weighted by atomic mass is 15.1. The largest absolute Gasteiger partial charge is 0.330 e. The Balaban J connectivity index is 4.33. The molecule has 0 aromatic carbocycles. The molecule has 0 saturated carbocycles. The lowest BCUT2D eigenvalue weighted by atomic mass is 9.93. The van der Waals surface area contributed by atoms with E-state index in [1.807, 2.05) is 21.1 Å². The molecule has 0 radical (unpaired) electrons. The summed E-state index contributed by atoms with van der Waals surface area (Å²) in [6.45, 7) is 1.49. The fourth-order valence-corrected chi connectivity index (χ4v) is 2.38. The summed E-state index contributed by atoms with van der Waals surface area (Å²) in [5, 5.41) is 10.2. The number of nitrogens with one attached hydrogen (secondary N) is 3. The van der Waals surface area contributed by atoms with Crippen LogP contribution >= 0.6 is 0 Å². The molecule has 0 aromatic rings. The first-order valence-electron chi connectivity index (χ1n) is 6.67. The monoisotopic (exact) mass is 245 g/mol. The SMILES string of the molecule is CNC(CCN)C(NC)C(CCCCN)NC. The second-order valence-corrected chi connectivity index (χ2v) is 4.47. The highest BCUT2D eigenvalue weighted by Gasteiger charge is 2.25. The zero-order valence-corrected chi connectivity index (χ0v) is 11.6. The molecule has 104 valence electrons. The molecule has 3 atom stereocenters. The van der Waals surface area contributed by atoms with Crippen molar-refractivity contribution in [2.24, 2.45) is 11.5 Å². The molecule has 7 N–H and O–H groups in total. The molecule has 0 amide bonds. The molecule has 0 aromatic heterocycles. The molecule has 0 aliphatic heterocycles. The van der Waals surface area contributed by atoms with Gasteiger partial charge in [0, 0.05) is 18.1 Å². The van der Waals surface area contributed by atoms with Crippen LogP contribution in [0.25, 0.3) is 0 Å². The van der Waals surface area contributed by atoms with E-state index in [1.165, 1.54) is 6.42 Å². The van der Waals surface area contributed by atoms with Gasteiger partial charge in [0.2, 0.25) is 0 Å². The molecule has 5 heteroatoms. The Hall–Kier alpha value is -0.200. The van der Waals surface area contributed by atoms with Gasteiger partial charge >= 0.3 is 0 Å². The first-order valence-corrected chi connectivity index (χ1v) is 6.67. The van der Waals surface area contributed by atoms with E-state index in [9.17, 15) is 0 Å². The normalized spacial score (nSPS) is 16.8. The molecule has 0 spiro atoms. The number of hydrogen-bond donors (Lipinski definition) is 5. The average molecular weight is 245 g/mol. The minimum Gasteiger partial charge on any atom is -0.330 e. The van der Waals surface area contributed by atoms with E-state index < -0.39 is 0 Å². The Morgan fingerprint density at radius 1 is 0.765 bits per heavy atom. The molecule has 0 rings (SSSR count). The second-order valence-electron chi connectivity index (χ2n) is 4.47. The van der Waals surface area contributed by atoms with Crippen molar-refractivity contribution in [3.05, 3.63) is 0 Å². The van der Waals surface area contributed by atoms with Crippen LogP contribution in [0.1, 0.15) is 25.7 Å².